The summed E-state index contributed by atoms with van der Waals surface area (Å²) >= 11 is 0. The fourth-order valence-corrected chi connectivity index (χ4v) is 6.49. The first-order valence-electron chi connectivity index (χ1n) is 13.3. The molecule has 7 nitrogen and oxygen atoms in total. The Balaban J connectivity index is 1.46. The number of aryl methyl sites for hydroxylation is 2. The van der Waals surface area contributed by atoms with Crippen LogP contribution in [0.4, 0.5) is 5.69 Å². The molecule has 202 valence electrons. The zero-order valence-electron chi connectivity index (χ0n) is 22.3. The predicted octanol–water partition coefficient (Wildman–Crippen LogP) is 5.50. The summed E-state index contributed by atoms with van der Waals surface area (Å²) in [6.45, 7) is 2.39. The number of hydrogen-bond acceptors (Lipinski definition) is 4. The Bertz CT molecular complexity index is 1530. The standard InChI is InChI=1S/C31H34N4O3S/c1-23(24-10-5-3-6-11-24)20-31(36)35(22-30-32-18-19-34(30)2)26-17-16-25-12-9-15-29(28(25)21-26)33-39(37,38)27-13-7-4-8-14-27/h3-8,10-11,13-14,16-19,21,23,29,33H,9,12,15,20,22H2,1-2H3/t23-,29+/m1/s1. The summed E-state index contributed by atoms with van der Waals surface area (Å²) in [7, 11) is -1.77. The molecule has 4 aromatic rings. The number of aromatic nitrogens is 2. The molecule has 39 heavy (non-hydrogen) atoms. The molecular formula is C31H34N4O3S. The Morgan fingerprint density at radius 2 is 1.79 bits per heavy atom. The summed E-state index contributed by atoms with van der Waals surface area (Å²) in [5.41, 5.74) is 3.89. The van der Waals surface area contributed by atoms with Crippen molar-refractivity contribution in [2.24, 2.45) is 7.05 Å². The van der Waals surface area contributed by atoms with Crippen LogP contribution in [0.25, 0.3) is 0 Å². The van der Waals surface area contributed by atoms with Crippen LogP contribution < -0.4 is 9.62 Å². The first-order chi connectivity index (χ1) is 18.8. The van der Waals surface area contributed by atoms with E-state index in [2.05, 4.69) is 16.6 Å². The van der Waals surface area contributed by atoms with E-state index in [0.717, 1.165) is 41.0 Å². The molecule has 0 saturated heterocycles. The fraction of sp³-hybridized carbons (Fsp3) is 0.290. The highest BCUT2D eigenvalue weighted by molar-refractivity contribution is 7.89. The minimum Gasteiger partial charge on any atom is -0.337 e. The SMILES string of the molecule is C[C@H](CC(=O)N(Cc1nccn1C)c1ccc2c(c1)[C@@H](NS(=O)(=O)c1ccccc1)CCC2)c1ccccc1. The third kappa shape index (κ3) is 6.13. The van der Waals surface area contributed by atoms with Crippen LogP contribution in [0.2, 0.25) is 0 Å². The summed E-state index contributed by atoms with van der Waals surface area (Å²) in [4.78, 5) is 20.3. The maximum absolute atomic E-state index is 13.8. The van der Waals surface area contributed by atoms with Gasteiger partial charge in [-0.15, -0.1) is 0 Å². The monoisotopic (exact) mass is 542 g/mol. The molecular weight excluding hydrogens is 508 g/mol. The lowest BCUT2D eigenvalue weighted by molar-refractivity contribution is -0.119. The number of sulfonamides is 1. The van der Waals surface area contributed by atoms with Gasteiger partial charge >= 0.3 is 0 Å². The molecule has 3 aromatic carbocycles. The van der Waals surface area contributed by atoms with Crippen LogP contribution in [0.15, 0.2) is 96.2 Å². The lowest BCUT2D eigenvalue weighted by atomic mass is 9.87. The largest absolute Gasteiger partial charge is 0.337 e. The van der Waals surface area contributed by atoms with Gasteiger partial charge in [-0.3, -0.25) is 4.79 Å². The third-order valence-corrected chi connectivity index (χ3v) is 8.96. The van der Waals surface area contributed by atoms with E-state index in [1.807, 2.05) is 66.3 Å². The van der Waals surface area contributed by atoms with Gasteiger partial charge in [-0.25, -0.2) is 18.1 Å². The van der Waals surface area contributed by atoms with Crippen molar-refractivity contribution in [3.8, 4) is 0 Å². The molecule has 0 fully saturated rings. The first-order valence-corrected chi connectivity index (χ1v) is 14.8. The summed E-state index contributed by atoms with van der Waals surface area (Å²) in [5.74, 6) is 0.812. The van der Waals surface area contributed by atoms with E-state index in [1.54, 1.807) is 41.4 Å². The molecule has 1 aromatic heterocycles. The number of hydrogen-bond donors (Lipinski definition) is 1. The van der Waals surface area contributed by atoms with E-state index < -0.39 is 10.0 Å². The van der Waals surface area contributed by atoms with Gasteiger partial charge in [0.25, 0.3) is 0 Å². The van der Waals surface area contributed by atoms with Gasteiger partial charge in [-0.2, -0.15) is 0 Å². The van der Waals surface area contributed by atoms with E-state index in [9.17, 15) is 13.2 Å². The molecule has 1 aliphatic rings. The van der Waals surface area contributed by atoms with Gasteiger partial charge in [0, 0.05) is 37.6 Å². The van der Waals surface area contributed by atoms with E-state index in [0.29, 0.717) is 19.4 Å². The van der Waals surface area contributed by atoms with Crippen molar-refractivity contribution in [3.05, 3.63) is 114 Å². The Morgan fingerprint density at radius 3 is 2.49 bits per heavy atom. The van der Waals surface area contributed by atoms with Crippen molar-refractivity contribution in [2.45, 2.75) is 56.0 Å². The molecule has 0 bridgehead atoms. The minimum atomic E-state index is -3.69. The molecule has 1 aliphatic carbocycles. The number of nitrogens with one attached hydrogen (secondary N) is 1. The Kier molecular flexibility index (Phi) is 7.95. The molecule has 2 atom stereocenters. The number of anilines is 1. The molecule has 0 unspecified atom stereocenters. The average molecular weight is 543 g/mol. The number of amides is 1. The number of nitrogens with zero attached hydrogens (tertiary/aromatic N) is 3. The number of imidazole rings is 1. The number of benzene rings is 3. The van der Waals surface area contributed by atoms with Crippen LogP contribution in [0.5, 0.6) is 0 Å². The van der Waals surface area contributed by atoms with Crippen molar-refractivity contribution in [3.63, 3.8) is 0 Å². The minimum absolute atomic E-state index is 0.00784. The molecule has 0 saturated carbocycles. The van der Waals surface area contributed by atoms with Crippen LogP contribution in [0, 0.1) is 0 Å². The second-order valence-corrected chi connectivity index (χ2v) is 11.9. The maximum Gasteiger partial charge on any atom is 0.241 e. The van der Waals surface area contributed by atoms with E-state index in [4.69, 9.17) is 0 Å². The van der Waals surface area contributed by atoms with Crippen LogP contribution >= 0.6 is 0 Å². The number of carbonyl (C=O) groups excluding carboxylic acids is 1. The molecule has 1 heterocycles. The van der Waals surface area contributed by atoms with Gasteiger partial charge in [0.05, 0.1) is 11.4 Å². The van der Waals surface area contributed by atoms with Crippen molar-refractivity contribution >= 4 is 21.6 Å². The van der Waals surface area contributed by atoms with Crippen molar-refractivity contribution in [1.82, 2.24) is 14.3 Å². The van der Waals surface area contributed by atoms with Gasteiger partial charge in [0.1, 0.15) is 5.82 Å². The van der Waals surface area contributed by atoms with Crippen molar-refractivity contribution < 1.29 is 13.2 Å². The average Bonchev–Trinajstić information content (AvgIpc) is 3.36. The Hall–Kier alpha value is -3.75. The van der Waals surface area contributed by atoms with Gasteiger partial charge in [0.2, 0.25) is 15.9 Å². The summed E-state index contributed by atoms with van der Waals surface area (Å²) in [5, 5.41) is 0. The van der Waals surface area contributed by atoms with E-state index in [-0.39, 0.29) is 22.8 Å². The second kappa shape index (κ2) is 11.6. The summed E-state index contributed by atoms with van der Waals surface area (Å²) < 4.78 is 31.1. The predicted molar refractivity (Wildman–Crippen MR) is 153 cm³/mol. The molecule has 0 spiro atoms. The molecule has 0 aliphatic heterocycles. The van der Waals surface area contributed by atoms with Gasteiger partial charge in [-0.1, -0.05) is 61.5 Å². The highest BCUT2D eigenvalue weighted by Gasteiger charge is 2.28. The Morgan fingerprint density at radius 1 is 1.08 bits per heavy atom. The van der Waals surface area contributed by atoms with Gasteiger partial charge in [0.15, 0.2) is 0 Å². The number of rotatable bonds is 9. The van der Waals surface area contributed by atoms with E-state index >= 15 is 0 Å². The summed E-state index contributed by atoms with van der Waals surface area (Å²) in [6, 6.07) is 24.1. The normalized spacial score (nSPS) is 15.9. The second-order valence-electron chi connectivity index (χ2n) is 10.2. The molecule has 0 radical (unpaired) electrons. The van der Waals surface area contributed by atoms with Gasteiger partial charge < -0.3 is 9.47 Å². The molecule has 5 rings (SSSR count). The van der Waals surface area contributed by atoms with Crippen molar-refractivity contribution in [2.75, 3.05) is 4.90 Å². The van der Waals surface area contributed by atoms with Gasteiger partial charge in [-0.05, 0) is 66.1 Å². The first kappa shape index (κ1) is 26.8. The lowest BCUT2D eigenvalue weighted by Gasteiger charge is -2.30. The molecule has 8 heteroatoms. The fourth-order valence-electron chi connectivity index (χ4n) is 5.22. The topological polar surface area (TPSA) is 84.3 Å². The van der Waals surface area contributed by atoms with Crippen LogP contribution in [0.1, 0.15) is 60.7 Å². The highest BCUT2D eigenvalue weighted by Crippen LogP contribution is 2.35. The third-order valence-electron chi connectivity index (χ3n) is 7.48. The van der Waals surface area contributed by atoms with Crippen LogP contribution in [-0.2, 0) is 34.8 Å². The molecule has 1 N–H and O–H groups in total. The number of fused-ring (bicyclic) bond motifs is 1. The smallest absolute Gasteiger partial charge is 0.241 e. The van der Waals surface area contributed by atoms with Crippen LogP contribution in [-0.4, -0.2) is 23.9 Å². The highest BCUT2D eigenvalue weighted by atomic mass is 32.2. The quantitative estimate of drug-likeness (QED) is 0.303. The zero-order chi connectivity index (χ0) is 27.4. The maximum atomic E-state index is 13.8. The van der Waals surface area contributed by atoms with Crippen molar-refractivity contribution in [1.29, 1.82) is 0 Å². The Labute approximate surface area is 230 Å². The van der Waals surface area contributed by atoms with E-state index in [1.165, 1.54) is 0 Å². The van der Waals surface area contributed by atoms with Crippen LogP contribution in [0.3, 0.4) is 0 Å². The summed E-state index contributed by atoms with van der Waals surface area (Å²) in [6.07, 6.45) is 6.39. The lowest BCUT2D eigenvalue weighted by Crippen LogP contribution is -2.34. The zero-order valence-corrected chi connectivity index (χ0v) is 23.1. The number of carbonyl (C=O) groups is 1. The molecule has 1 amide bonds.